The van der Waals surface area contributed by atoms with E-state index < -0.39 is 22.8 Å². The van der Waals surface area contributed by atoms with Gasteiger partial charge in [-0.1, -0.05) is 26.7 Å². The second-order valence-corrected chi connectivity index (χ2v) is 4.71. The molecule has 0 aliphatic heterocycles. The second kappa shape index (κ2) is 4.44. The summed E-state index contributed by atoms with van der Waals surface area (Å²) in [7, 11) is 0. The molecule has 0 unspecified atom stereocenters. The molecule has 0 spiro atoms. The van der Waals surface area contributed by atoms with Crippen molar-refractivity contribution in [3.05, 3.63) is 0 Å². The molecule has 92 valence electrons. The van der Waals surface area contributed by atoms with Crippen LogP contribution in [-0.4, -0.2) is 22.2 Å². The highest BCUT2D eigenvalue weighted by Gasteiger charge is 2.61. The first-order valence-corrected chi connectivity index (χ1v) is 5.93. The first kappa shape index (κ1) is 13.0. The van der Waals surface area contributed by atoms with Crippen LogP contribution in [0.15, 0.2) is 0 Å². The van der Waals surface area contributed by atoms with Crippen molar-refractivity contribution in [2.75, 3.05) is 0 Å². The van der Waals surface area contributed by atoms with E-state index in [2.05, 4.69) is 0 Å². The predicted molar refractivity (Wildman–Crippen MR) is 59.2 cm³/mol. The lowest BCUT2D eigenvalue weighted by Crippen LogP contribution is -2.54. The number of rotatable bonds is 4. The van der Waals surface area contributed by atoms with Gasteiger partial charge in [0.05, 0.1) is 0 Å². The molecular formula is C12H20O4. The summed E-state index contributed by atoms with van der Waals surface area (Å²) in [5, 5.41) is 18.8. The van der Waals surface area contributed by atoms with E-state index in [0.717, 1.165) is 6.42 Å². The van der Waals surface area contributed by atoms with Gasteiger partial charge in [0.25, 0.3) is 0 Å². The lowest BCUT2D eigenvalue weighted by atomic mass is 9.53. The van der Waals surface area contributed by atoms with E-state index in [0.29, 0.717) is 25.7 Å². The Balaban J connectivity index is 3.30. The lowest BCUT2D eigenvalue weighted by molar-refractivity contribution is -0.182. The van der Waals surface area contributed by atoms with Crippen LogP contribution in [0.2, 0.25) is 0 Å². The molecule has 1 aliphatic carbocycles. The van der Waals surface area contributed by atoms with E-state index in [-0.39, 0.29) is 6.42 Å². The summed E-state index contributed by atoms with van der Waals surface area (Å²) in [6, 6.07) is 0. The maximum absolute atomic E-state index is 11.5. The molecule has 0 aromatic carbocycles. The Bertz CT molecular complexity index is 277. The van der Waals surface area contributed by atoms with E-state index in [1.807, 2.05) is 13.8 Å². The van der Waals surface area contributed by atoms with Gasteiger partial charge in [-0.05, 0) is 31.1 Å². The van der Waals surface area contributed by atoms with Crippen LogP contribution in [0.1, 0.15) is 52.4 Å². The lowest BCUT2D eigenvalue weighted by Gasteiger charge is -2.47. The molecule has 16 heavy (non-hydrogen) atoms. The molecule has 1 saturated carbocycles. The molecule has 0 amide bonds. The van der Waals surface area contributed by atoms with Crippen LogP contribution < -0.4 is 0 Å². The summed E-state index contributed by atoms with van der Waals surface area (Å²) in [5.74, 6) is -2.33. The van der Waals surface area contributed by atoms with Gasteiger partial charge in [-0.15, -0.1) is 0 Å². The van der Waals surface area contributed by atoms with E-state index in [9.17, 15) is 19.8 Å². The molecule has 0 heterocycles. The van der Waals surface area contributed by atoms with Crippen LogP contribution in [0.4, 0.5) is 0 Å². The largest absolute Gasteiger partial charge is 0.480 e. The van der Waals surface area contributed by atoms with Crippen molar-refractivity contribution in [2.24, 2.45) is 10.8 Å². The highest BCUT2D eigenvalue weighted by Crippen LogP contribution is 2.55. The predicted octanol–water partition coefficient (Wildman–Crippen LogP) is 2.52. The number of hydrogen-bond acceptors (Lipinski definition) is 2. The molecular weight excluding hydrogens is 208 g/mol. The van der Waals surface area contributed by atoms with Gasteiger partial charge in [0.15, 0.2) is 5.41 Å². The first-order valence-electron chi connectivity index (χ1n) is 5.93. The zero-order chi connectivity index (χ0) is 12.4. The molecule has 0 aromatic heterocycles. The SMILES string of the molecule is CCC1(CC)CCCCC1(C(=O)O)C(=O)O. The van der Waals surface area contributed by atoms with Crippen LogP contribution in [0.3, 0.4) is 0 Å². The topological polar surface area (TPSA) is 74.6 Å². The molecule has 0 saturated heterocycles. The van der Waals surface area contributed by atoms with Gasteiger partial charge in [-0.2, -0.15) is 0 Å². The maximum atomic E-state index is 11.5. The Morgan fingerprint density at radius 2 is 1.44 bits per heavy atom. The highest BCUT2D eigenvalue weighted by molar-refractivity contribution is 5.99. The van der Waals surface area contributed by atoms with Gasteiger partial charge in [0, 0.05) is 0 Å². The zero-order valence-electron chi connectivity index (χ0n) is 9.95. The molecule has 4 nitrogen and oxygen atoms in total. The van der Waals surface area contributed by atoms with E-state index in [1.54, 1.807) is 0 Å². The van der Waals surface area contributed by atoms with Crippen molar-refractivity contribution in [3.8, 4) is 0 Å². The molecule has 0 bridgehead atoms. The van der Waals surface area contributed by atoms with Gasteiger partial charge in [-0.25, -0.2) is 0 Å². The number of hydrogen-bond donors (Lipinski definition) is 2. The molecule has 2 N–H and O–H groups in total. The van der Waals surface area contributed by atoms with Gasteiger partial charge in [0.2, 0.25) is 0 Å². The highest BCUT2D eigenvalue weighted by atomic mass is 16.4. The molecule has 0 aromatic rings. The number of aliphatic carboxylic acids is 2. The minimum absolute atomic E-state index is 0.263. The van der Waals surface area contributed by atoms with Crippen LogP contribution >= 0.6 is 0 Å². The molecule has 1 fully saturated rings. The minimum Gasteiger partial charge on any atom is -0.480 e. The average Bonchev–Trinajstić information content (AvgIpc) is 2.27. The van der Waals surface area contributed by atoms with E-state index in [4.69, 9.17) is 0 Å². The fourth-order valence-electron chi connectivity index (χ4n) is 3.30. The van der Waals surface area contributed by atoms with Crippen LogP contribution in [0.5, 0.6) is 0 Å². The van der Waals surface area contributed by atoms with Crippen molar-refractivity contribution in [1.82, 2.24) is 0 Å². The van der Waals surface area contributed by atoms with Crippen molar-refractivity contribution in [2.45, 2.75) is 52.4 Å². The van der Waals surface area contributed by atoms with Gasteiger partial charge in [0.1, 0.15) is 0 Å². The fraction of sp³-hybridized carbons (Fsp3) is 0.833. The summed E-state index contributed by atoms with van der Waals surface area (Å²) >= 11 is 0. The molecule has 0 radical (unpaired) electrons. The Hall–Kier alpha value is -1.06. The fourth-order valence-corrected chi connectivity index (χ4v) is 3.30. The van der Waals surface area contributed by atoms with Crippen molar-refractivity contribution in [3.63, 3.8) is 0 Å². The Morgan fingerprint density at radius 1 is 1.00 bits per heavy atom. The summed E-state index contributed by atoms with van der Waals surface area (Å²) in [6.07, 6.45) is 3.83. The van der Waals surface area contributed by atoms with Crippen molar-refractivity contribution in [1.29, 1.82) is 0 Å². The molecule has 1 aliphatic rings. The van der Waals surface area contributed by atoms with Gasteiger partial charge in [-0.3, -0.25) is 9.59 Å². The molecule has 1 rings (SSSR count). The molecule has 0 atom stereocenters. The van der Waals surface area contributed by atoms with Crippen LogP contribution in [0.25, 0.3) is 0 Å². The summed E-state index contributed by atoms with van der Waals surface area (Å²) in [6.45, 7) is 3.80. The van der Waals surface area contributed by atoms with Crippen molar-refractivity contribution >= 4 is 11.9 Å². The Labute approximate surface area is 95.7 Å². The third-order valence-corrected chi connectivity index (χ3v) is 4.45. The number of carboxylic acids is 2. The average molecular weight is 228 g/mol. The smallest absolute Gasteiger partial charge is 0.321 e. The third kappa shape index (κ3) is 1.51. The minimum atomic E-state index is -1.57. The first-order chi connectivity index (χ1) is 7.47. The summed E-state index contributed by atoms with van der Waals surface area (Å²) in [5.41, 5.74) is -2.16. The van der Waals surface area contributed by atoms with Gasteiger partial charge >= 0.3 is 11.9 Å². The van der Waals surface area contributed by atoms with E-state index in [1.165, 1.54) is 0 Å². The quantitative estimate of drug-likeness (QED) is 0.725. The monoisotopic (exact) mass is 228 g/mol. The van der Waals surface area contributed by atoms with Crippen LogP contribution in [-0.2, 0) is 9.59 Å². The number of carboxylic acid groups (broad SMARTS) is 2. The van der Waals surface area contributed by atoms with Crippen molar-refractivity contribution < 1.29 is 19.8 Å². The summed E-state index contributed by atoms with van der Waals surface area (Å²) in [4.78, 5) is 22.9. The summed E-state index contributed by atoms with van der Waals surface area (Å²) < 4.78 is 0. The van der Waals surface area contributed by atoms with E-state index >= 15 is 0 Å². The number of carbonyl (C=O) groups is 2. The van der Waals surface area contributed by atoms with Crippen LogP contribution in [0, 0.1) is 10.8 Å². The Morgan fingerprint density at radius 3 is 1.75 bits per heavy atom. The second-order valence-electron chi connectivity index (χ2n) is 4.71. The molecule has 4 heteroatoms. The Kier molecular flexibility index (Phi) is 3.61. The van der Waals surface area contributed by atoms with Gasteiger partial charge < -0.3 is 10.2 Å². The zero-order valence-corrected chi connectivity index (χ0v) is 9.95. The normalized spacial score (nSPS) is 22.6. The maximum Gasteiger partial charge on any atom is 0.321 e. The third-order valence-electron chi connectivity index (χ3n) is 4.45. The standard InChI is InChI=1S/C12H20O4/c1-3-11(4-2)7-5-6-8-12(11,9(13)14)10(15)16/h3-8H2,1-2H3,(H,13,14)(H,15,16).